The number of guanidine groups is 1. The van der Waals surface area contributed by atoms with E-state index in [0.717, 1.165) is 50.6 Å². The van der Waals surface area contributed by atoms with Crippen molar-refractivity contribution >= 4 is 17.0 Å². The Balaban J connectivity index is 1.57. The first kappa shape index (κ1) is 16.8. The van der Waals surface area contributed by atoms with E-state index in [1.165, 1.54) is 11.9 Å². The number of rotatable bonds is 5. The summed E-state index contributed by atoms with van der Waals surface area (Å²) in [7, 11) is 0. The number of nitrogens with one attached hydrogen (secondary N) is 1. The van der Waals surface area contributed by atoms with Crippen LogP contribution in [0.3, 0.4) is 0 Å². The third-order valence-corrected chi connectivity index (χ3v) is 4.66. The monoisotopic (exact) mass is 327 g/mol. The molecule has 0 bridgehead atoms. The number of hydrogen-bond donors (Lipinski definition) is 1. The van der Waals surface area contributed by atoms with E-state index in [2.05, 4.69) is 58.7 Å². The zero-order chi connectivity index (χ0) is 17.0. The van der Waals surface area contributed by atoms with Crippen LogP contribution in [0.2, 0.25) is 0 Å². The summed E-state index contributed by atoms with van der Waals surface area (Å²) in [6.45, 7) is 11.7. The lowest BCUT2D eigenvalue weighted by Gasteiger charge is -2.23. The van der Waals surface area contributed by atoms with Crippen LogP contribution in [0.25, 0.3) is 11.0 Å². The molecule has 5 nitrogen and oxygen atoms in total. The molecule has 0 spiro atoms. The molecule has 3 rings (SSSR count). The van der Waals surface area contributed by atoms with Gasteiger partial charge >= 0.3 is 0 Å². The van der Waals surface area contributed by atoms with E-state index < -0.39 is 0 Å². The van der Waals surface area contributed by atoms with Crippen molar-refractivity contribution in [2.45, 2.75) is 40.2 Å². The van der Waals surface area contributed by atoms with Crippen LogP contribution in [-0.2, 0) is 6.54 Å². The van der Waals surface area contributed by atoms with Gasteiger partial charge in [-0.1, -0.05) is 26.0 Å². The molecule has 0 saturated carbocycles. The van der Waals surface area contributed by atoms with Gasteiger partial charge in [0.25, 0.3) is 0 Å². The summed E-state index contributed by atoms with van der Waals surface area (Å²) >= 11 is 0. The van der Waals surface area contributed by atoms with Gasteiger partial charge in [-0.2, -0.15) is 0 Å². The maximum atomic E-state index is 4.84. The Morgan fingerprint density at radius 3 is 2.92 bits per heavy atom. The molecule has 24 heavy (non-hydrogen) atoms. The van der Waals surface area contributed by atoms with Gasteiger partial charge in [0.15, 0.2) is 5.96 Å². The van der Waals surface area contributed by atoms with Gasteiger partial charge in [0, 0.05) is 32.7 Å². The quantitative estimate of drug-likeness (QED) is 0.521. The predicted octanol–water partition coefficient (Wildman–Crippen LogP) is 3.12. The largest absolute Gasteiger partial charge is 0.357 e. The van der Waals surface area contributed by atoms with Crippen LogP contribution in [0.15, 0.2) is 35.6 Å². The lowest BCUT2D eigenvalue weighted by Crippen LogP contribution is -2.40. The van der Waals surface area contributed by atoms with E-state index in [1.807, 2.05) is 12.4 Å². The van der Waals surface area contributed by atoms with Gasteiger partial charge in [0.2, 0.25) is 0 Å². The highest BCUT2D eigenvalue weighted by Crippen LogP contribution is 2.28. The number of aryl methyl sites for hydroxylation is 1. The van der Waals surface area contributed by atoms with Crippen LogP contribution in [0.1, 0.15) is 33.6 Å². The van der Waals surface area contributed by atoms with Crippen LogP contribution in [0.5, 0.6) is 0 Å². The van der Waals surface area contributed by atoms with Gasteiger partial charge in [-0.25, -0.2) is 4.98 Å². The molecule has 1 aliphatic heterocycles. The fourth-order valence-corrected chi connectivity index (χ4v) is 3.33. The van der Waals surface area contributed by atoms with Crippen LogP contribution < -0.4 is 5.32 Å². The molecule has 0 unspecified atom stereocenters. The van der Waals surface area contributed by atoms with E-state index >= 15 is 0 Å². The summed E-state index contributed by atoms with van der Waals surface area (Å²) in [6.07, 6.45) is 4.19. The Labute approximate surface area is 144 Å². The molecule has 2 heterocycles. The maximum absolute atomic E-state index is 4.84. The standard InChI is InChI=1S/C19H29N5/c1-4-20-18(23-13-10-19(2,3)14-23)21-11-7-12-24-15-22-16-8-5-6-9-17(16)24/h5-6,8-9,15H,4,7,10-14H2,1-3H3,(H,20,21). The molecule has 130 valence electrons. The molecule has 1 saturated heterocycles. The normalized spacial score (nSPS) is 17.6. The van der Waals surface area contributed by atoms with Gasteiger partial charge in [-0.3, -0.25) is 4.99 Å². The molecule has 1 fully saturated rings. The van der Waals surface area contributed by atoms with Crippen molar-refractivity contribution in [2.75, 3.05) is 26.2 Å². The van der Waals surface area contributed by atoms with E-state index in [4.69, 9.17) is 4.99 Å². The highest BCUT2D eigenvalue weighted by atomic mass is 15.3. The first-order chi connectivity index (χ1) is 11.6. The Hall–Kier alpha value is -2.04. The molecule has 0 aliphatic carbocycles. The lowest BCUT2D eigenvalue weighted by atomic mass is 9.93. The molecule has 2 aromatic rings. The fraction of sp³-hybridized carbons (Fsp3) is 0.579. The second-order valence-corrected chi connectivity index (χ2v) is 7.35. The molecule has 0 atom stereocenters. The third kappa shape index (κ3) is 3.89. The summed E-state index contributed by atoms with van der Waals surface area (Å²) in [5.74, 6) is 1.07. The number of benzene rings is 1. The van der Waals surface area contributed by atoms with Gasteiger partial charge in [-0.05, 0) is 37.3 Å². The second kappa shape index (κ2) is 7.24. The van der Waals surface area contributed by atoms with Crippen LogP contribution >= 0.6 is 0 Å². The van der Waals surface area contributed by atoms with Crippen LogP contribution in [-0.4, -0.2) is 46.6 Å². The number of fused-ring (bicyclic) bond motifs is 1. The molecular weight excluding hydrogens is 298 g/mol. The first-order valence-electron chi connectivity index (χ1n) is 9.02. The molecule has 1 aliphatic rings. The van der Waals surface area contributed by atoms with E-state index in [-0.39, 0.29) is 0 Å². The summed E-state index contributed by atoms with van der Waals surface area (Å²) in [6, 6.07) is 8.28. The van der Waals surface area contributed by atoms with Gasteiger partial charge in [0.05, 0.1) is 17.4 Å². The minimum absolute atomic E-state index is 0.395. The zero-order valence-electron chi connectivity index (χ0n) is 15.1. The number of imidazole rings is 1. The van der Waals surface area contributed by atoms with Crippen molar-refractivity contribution in [1.82, 2.24) is 19.8 Å². The lowest BCUT2D eigenvalue weighted by molar-refractivity contribution is 0.370. The summed E-state index contributed by atoms with van der Waals surface area (Å²) < 4.78 is 2.22. The Kier molecular flexibility index (Phi) is 5.07. The number of nitrogens with zero attached hydrogens (tertiary/aromatic N) is 4. The van der Waals surface area contributed by atoms with E-state index in [9.17, 15) is 0 Å². The summed E-state index contributed by atoms with van der Waals surface area (Å²) in [5.41, 5.74) is 2.66. The van der Waals surface area contributed by atoms with Crippen molar-refractivity contribution in [2.24, 2.45) is 10.4 Å². The highest BCUT2D eigenvalue weighted by molar-refractivity contribution is 5.80. The van der Waals surface area contributed by atoms with Crippen LogP contribution in [0.4, 0.5) is 0 Å². The van der Waals surface area contributed by atoms with Crippen molar-refractivity contribution in [3.05, 3.63) is 30.6 Å². The SMILES string of the molecule is CCNC(=NCCCn1cnc2ccccc21)N1CCC(C)(C)C1. The maximum Gasteiger partial charge on any atom is 0.193 e. The van der Waals surface area contributed by atoms with Gasteiger partial charge in [0.1, 0.15) is 0 Å². The number of hydrogen-bond acceptors (Lipinski definition) is 2. The van der Waals surface area contributed by atoms with Gasteiger partial charge in [-0.15, -0.1) is 0 Å². The fourth-order valence-electron chi connectivity index (χ4n) is 3.33. The predicted molar refractivity (Wildman–Crippen MR) is 100 cm³/mol. The zero-order valence-corrected chi connectivity index (χ0v) is 15.1. The van der Waals surface area contributed by atoms with Gasteiger partial charge < -0.3 is 14.8 Å². The highest BCUT2D eigenvalue weighted by Gasteiger charge is 2.30. The minimum atomic E-state index is 0.395. The van der Waals surface area contributed by atoms with Crippen molar-refractivity contribution in [3.63, 3.8) is 0 Å². The Morgan fingerprint density at radius 2 is 2.17 bits per heavy atom. The van der Waals surface area contributed by atoms with Crippen molar-refractivity contribution < 1.29 is 0 Å². The van der Waals surface area contributed by atoms with E-state index in [1.54, 1.807) is 0 Å². The minimum Gasteiger partial charge on any atom is -0.357 e. The summed E-state index contributed by atoms with van der Waals surface area (Å²) in [5, 5.41) is 3.44. The molecule has 5 heteroatoms. The van der Waals surface area contributed by atoms with Crippen molar-refractivity contribution in [3.8, 4) is 0 Å². The Bertz CT molecular complexity index is 701. The Morgan fingerprint density at radius 1 is 1.33 bits per heavy atom. The first-order valence-corrected chi connectivity index (χ1v) is 9.02. The second-order valence-electron chi connectivity index (χ2n) is 7.35. The smallest absolute Gasteiger partial charge is 0.193 e. The van der Waals surface area contributed by atoms with Crippen molar-refractivity contribution in [1.29, 1.82) is 0 Å². The topological polar surface area (TPSA) is 45.5 Å². The molecule has 0 amide bonds. The average Bonchev–Trinajstić information content (AvgIpc) is 3.14. The molecule has 1 aromatic heterocycles. The molecule has 0 radical (unpaired) electrons. The average molecular weight is 327 g/mol. The molecule has 1 N–H and O–H groups in total. The van der Waals surface area contributed by atoms with E-state index in [0.29, 0.717) is 5.41 Å². The number of aliphatic imine (C=N–C) groups is 1. The number of likely N-dealkylation sites (tertiary alicyclic amines) is 1. The van der Waals surface area contributed by atoms with Crippen LogP contribution in [0, 0.1) is 5.41 Å². The summed E-state index contributed by atoms with van der Waals surface area (Å²) in [4.78, 5) is 11.7. The number of para-hydroxylation sites is 2. The molecular formula is C19H29N5. The third-order valence-electron chi connectivity index (χ3n) is 4.66. The number of aromatic nitrogens is 2. The molecule has 1 aromatic carbocycles.